The zero-order valence-corrected chi connectivity index (χ0v) is 21.7. The van der Waals surface area contributed by atoms with Crippen molar-refractivity contribution >= 4 is 34.2 Å². The van der Waals surface area contributed by atoms with E-state index in [2.05, 4.69) is 10.1 Å². The van der Waals surface area contributed by atoms with Gasteiger partial charge < -0.3 is 14.8 Å². The lowest BCUT2D eigenvalue weighted by Crippen LogP contribution is -2.61. The minimum Gasteiger partial charge on any atom is -0.466 e. The Hall–Kier alpha value is -3.00. The molecule has 7 rings (SSSR count). The standard InChI is InChI=1S/C29H28ClF3N2O3/c1-2-37-26(36)27-12-17-10-18(13-27)15-28(14-17,16-27)35-24-9-7-20(38-29(31,32)33)11-21(24)23-8-6-19-4-3-5-22(30)25(19)34-23/h3-9,11,17-18,35H,2,10,12-16H2,1H3. The number of hydrogen-bond donors (Lipinski definition) is 1. The van der Waals surface area contributed by atoms with Crippen LogP contribution in [0.1, 0.15) is 45.4 Å². The van der Waals surface area contributed by atoms with Gasteiger partial charge in [0.05, 0.1) is 28.3 Å². The molecule has 2 atom stereocenters. The SMILES string of the molecule is CCOC(=O)C12CC3CC(CC(Nc4ccc(OC(F)(F)F)cc4-c4ccc5cccc(Cl)c5n4)(C3)C1)C2. The second-order valence-corrected chi connectivity index (χ2v) is 11.5. The van der Waals surface area contributed by atoms with Crippen LogP contribution in [0.25, 0.3) is 22.2 Å². The molecule has 2 aromatic carbocycles. The van der Waals surface area contributed by atoms with Gasteiger partial charge >= 0.3 is 12.3 Å². The average molecular weight is 545 g/mol. The fourth-order valence-electron chi connectivity index (χ4n) is 7.52. The molecular formula is C29H28ClF3N2O3. The van der Waals surface area contributed by atoms with Gasteiger partial charge in [-0.25, -0.2) is 4.98 Å². The number of rotatable bonds is 6. The molecule has 4 saturated carbocycles. The molecule has 38 heavy (non-hydrogen) atoms. The number of benzene rings is 2. The zero-order valence-electron chi connectivity index (χ0n) is 20.9. The molecule has 4 aliphatic rings. The van der Waals surface area contributed by atoms with Crippen LogP contribution in [0, 0.1) is 17.3 Å². The molecule has 3 aromatic rings. The average Bonchev–Trinajstić information content (AvgIpc) is 2.83. The van der Waals surface area contributed by atoms with Crippen LogP contribution in [0.3, 0.4) is 0 Å². The second kappa shape index (κ2) is 9.04. The molecule has 0 spiro atoms. The van der Waals surface area contributed by atoms with E-state index in [0.29, 0.717) is 52.3 Å². The van der Waals surface area contributed by atoms with Crippen molar-refractivity contribution in [2.45, 2.75) is 57.3 Å². The number of fused-ring (bicyclic) bond motifs is 1. The summed E-state index contributed by atoms with van der Waals surface area (Å²) in [6.45, 7) is 2.17. The number of nitrogens with zero attached hydrogens (tertiary/aromatic N) is 1. The number of ether oxygens (including phenoxy) is 2. The molecule has 1 heterocycles. The molecule has 0 aliphatic heterocycles. The van der Waals surface area contributed by atoms with Crippen LogP contribution in [-0.2, 0) is 9.53 Å². The molecule has 5 nitrogen and oxygen atoms in total. The van der Waals surface area contributed by atoms with E-state index in [-0.39, 0.29) is 17.3 Å². The number of alkyl halides is 3. The Kier molecular flexibility index (Phi) is 6.02. The Balaban J connectivity index is 1.42. The summed E-state index contributed by atoms with van der Waals surface area (Å²) in [5.41, 5.74) is 1.31. The normalized spacial score (nSPS) is 27.9. The fourth-order valence-corrected chi connectivity index (χ4v) is 7.74. The Morgan fingerprint density at radius 1 is 1.11 bits per heavy atom. The van der Waals surface area contributed by atoms with Crippen molar-refractivity contribution in [1.29, 1.82) is 0 Å². The lowest BCUT2D eigenvalue weighted by Gasteiger charge is -2.61. The lowest BCUT2D eigenvalue weighted by molar-refractivity contribution is -0.274. The minimum atomic E-state index is -4.82. The summed E-state index contributed by atoms with van der Waals surface area (Å²) in [4.78, 5) is 17.8. The Labute approximate surface area is 223 Å². The van der Waals surface area contributed by atoms with Crippen molar-refractivity contribution in [3.8, 4) is 17.0 Å². The van der Waals surface area contributed by atoms with Crippen molar-refractivity contribution in [2.75, 3.05) is 11.9 Å². The summed E-state index contributed by atoms with van der Waals surface area (Å²) in [5.74, 6) is 0.358. The van der Waals surface area contributed by atoms with Gasteiger partial charge in [0.1, 0.15) is 5.75 Å². The number of nitrogens with one attached hydrogen (secondary N) is 1. The molecule has 1 N–H and O–H groups in total. The first-order valence-electron chi connectivity index (χ1n) is 13.0. The lowest BCUT2D eigenvalue weighted by atomic mass is 9.47. The first-order chi connectivity index (χ1) is 18.1. The second-order valence-electron chi connectivity index (χ2n) is 11.1. The maximum Gasteiger partial charge on any atom is 0.573 e. The van der Waals surface area contributed by atoms with E-state index in [0.717, 1.165) is 37.5 Å². The molecule has 1 aromatic heterocycles. The largest absolute Gasteiger partial charge is 0.573 e. The van der Waals surface area contributed by atoms with Crippen molar-refractivity contribution < 1.29 is 27.4 Å². The van der Waals surface area contributed by atoms with Gasteiger partial charge in [-0.2, -0.15) is 0 Å². The third kappa shape index (κ3) is 4.57. The smallest absolute Gasteiger partial charge is 0.466 e. The van der Waals surface area contributed by atoms with E-state index in [4.69, 9.17) is 21.3 Å². The highest BCUT2D eigenvalue weighted by Gasteiger charge is 2.61. The molecule has 0 radical (unpaired) electrons. The van der Waals surface area contributed by atoms with E-state index >= 15 is 0 Å². The van der Waals surface area contributed by atoms with Crippen LogP contribution in [0.15, 0.2) is 48.5 Å². The van der Waals surface area contributed by atoms with Crippen molar-refractivity contribution in [1.82, 2.24) is 4.98 Å². The number of carbonyl (C=O) groups is 1. The van der Waals surface area contributed by atoms with Gasteiger partial charge in [0.15, 0.2) is 0 Å². The van der Waals surface area contributed by atoms with Crippen LogP contribution < -0.4 is 10.1 Å². The number of pyridine rings is 1. The van der Waals surface area contributed by atoms with Crippen LogP contribution in [0.4, 0.5) is 18.9 Å². The maximum absolute atomic E-state index is 13.1. The molecule has 200 valence electrons. The number of hydrogen-bond acceptors (Lipinski definition) is 5. The molecule has 4 bridgehead atoms. The van der Waals surface area contributed by atoms with Crippen LogP contribution >= 0.6 is 11.6 Å². The number of esters is 1. The molecule has 9 heteroatoms. The Bertz CT molecular complexity index is 1400. The highest BCUT2D eigenvalue weighted by atomic mass is 35.5. The van der Waals surface area contributed by atoms with E-state index in [9.17, 15) is 18.0 Å². The van der Waals surface area contributed by atoms with Gasteiger partial charge in [0.2, 0.25) is 0 Å². The van der Waals surface area contributed by atoms with Crippen molar-refractivity contribution in [3.63, 3.8) is 0 Å². The monoisotopic (exact) mass is 544 g/mol. The Morgan fingerprint density at radius 2 is 1.87 bits per heavy atom. The van der Waals surface area contributed by atoms with Gasteiger partial charge in [-0.3, -0.25) is 4.79 Å². The third-order valence-corrected chi connectivity index (χ3v) is 8.65. The van der Waals surface area contributed by atoms with Gasteiger partial charge in [0, 0.05) is 22.2 Å². The summed E-state index contributed by atoms with van der Waals surface area (Å²) in [7, 11) is 0. The van der Waals surface area contributed by atoms with Gasteiger partial charge in [0.25, 0.3) is 0 Å². The first-order valence-corrected chi connectivity index (χ1v) is 13.4. The third-order valence-electron chi connectivity index (χ3n) is 8.34. The van der Waals surface area contributed by atoms with Crippen LogP contribution in [0.5, 0.6) is 5.75 Å². The maximum atomic E-state index is 13.1. The van der Waals surface area contributed by atoms with E-state index in [1.54, 1.807) is 18.2 Å². The van der Waals surface area contributed by atoms with E-state index in [1.165, 1.54) is 12.1 Å². The van der Waals surface area contributed by atoms with Crippen LogP contribution in [0.2, 0.25) is 5.02 Å². The number of anilines is 1. The minimum absolute atomic E-state index is 0.125. The summed E-state index contributed by atoms with van der Waals surface area (Å²) in [6.07, 6.45) is 0.398. The highest BCUT2D eigenvalue weighted by Crippen LogP contribution is 2.63. The van der Waals surface area contributed by atoms with Crippen LogP contribution in [-0.4, -0.2) is 29.5 Å². The number of aromatic nitrogens is 1. The first kappa shape index (κ1) is 25.3. The molecular weight excluding hydrogens is 517 g/mol. The number of para-hydroxylation sites is 1. The predicted octanol–water partition coefficient (Wildman–Crippen LogP) is 7.77. The Morgan fingerprint density at radius 3 is 2.58 bits per heavy atom. The van der Waals surface area contributed by atoms with Gasteiger partial charge in [-0.05, 0) is 87.6 Å². The zero-order chi connectivity index (χ0) is 26.7. The summed E-state index contributed by atoms with van der Waals surface area (Å²) in [5, 5.41) is 5.00. The van der Waals surface area contributed by atoms with Gasteiger partial charge in [-0.1, -0.05) is 29.8 Å². The molecule has 2 unspecified atom stereocenters. The number of carbonyl (C=O) groups excluding carboxylic acids is 1. The van der Waals surface area contributed by atoms with Crippen molar-refractivity contribution in [3.05, 3.63) is 53.6 Å². The quantitative estimate of drug-likeness (QED) is 0.321. The van der Waals surface area contributed by atoms with E-state index in [1.807, 2.05) is 25.1 Å². The summed E-state index contributed by atoms with van der Waals surface area (Å²) < 4.78 is 49.0. The molecule has 0 saturated heterocycles. The molecule has 0 amide bonds. The topological polar surface area (TPSA) is 60.5 Å². The van der Waals surface area contributed by atoms with Gasteiger partial charge in [-0.15, -0.1) is 13.2 Å². The molecule has 4 aliphatic carbocycles. The number of halogens is 4. The predicted molar refractivity (Wildman–Crippen MR) is 139 cm³/mol. The fraction of sp³-hybridized carbons (Fsp3) is 0.448. The molecule has 4 fully saturated rings. The summed E-state index contributed by atoms with van der Waals surface area (Å²) >= 11 is 6.39. The summed E-state index contributed by atoms with van der Waals surface area (Å²) in [6, 6.07) is 13.4. The van der Waals surface area contributed by atoms with Crippen molar-refractivity contribution in [2.24, 2.45) is 17.3 Å². The highest BCUT2D eigenvalue weighted by molar-refractivity contribution is 6.35. The van der Waals surface area contributed by atoms with E-state index < -0.39 is 11.8 Å².